The Hall–Kier alpha value is -2.68. The van der Waals surface area contributed by atoms with E-state index in [-0.39, 0.29) is 30.4 Å². The van der Waals surface area contributed by atoms with Crippen molar-refractivity contribution in [3.8, 4) is 5.75 Å². The molecule has 0 spiro atoms. The van der Waals surface area contributed by atoms with Gasteiger partial charge in [-0.2, -0.15) is 0 Å². The Morgan fingerprint density at radius 3 is 2.83 bits per heavy atom. The third-order valence-electron chi connectivity index (χ3n) is 2.94. The maximum absolute atomic E-state index is 13.5. The van der Waals surface area contributed by atoms with Crippen molar-refractivity contribution < 1.29 is 18.8 Å². The molecular weight excluding hydrogens is 325 g/mol. The van der Waals surface area contributed by atoms with Crippen LogP contribution in [0, 0.1) is 15.9 Å². The van der Waals surface area contributed by atoms with E-state index in [1.165, 1.54) is 24.5 Å². The number of thiophene rings is 1. The topological polar surface area (TPSA) is 93.5 Å². The Labute approximate surface area is 135 Å². The molecule has 0 aliphatic carbocycles. The lowest BCUT2D eigenvalue weighted by atomic mass is 10.2. The molecule has 0 atom stereocenters. The monoisotopic (exact) mass is 339 g/mol. The average Bonchev–Trinajstić information content (AvgIpc) is 3.06. The Bertz CT molecular complexity index is 706. The Morgan fingerprint density at radius 1 is 1.43 bits per heavy atom. The predicted molar refractivity (Wildman–Crippen MR) is 84.7 cm³/mol. The number of nitrogens with one attached hydrogen (secondary N) is 2. The molecule has 2 N–H and O–H groups in total. The number of benzene rings is 1. The number of halogens is 1. The minimum atomic E-state index is -0.809. The van der Waals surface area contributed by atoms with Crippen molar-refractivity contribution in [3.63, 3.8) is 0 Å². The van der Waals surface area contributed by atoms with Gasteiger partial charge in [-0.15, -0.1) is 11.3 Å². The first-order valence-corrected chi connectivity index (χ1v) is 7.48. The zero-order chi connectivity index (χ0) is 16.8. The number of hydrogen-bond acceptors (Lipinski definition) is 6. The Morgan fingerprint density at radius 2 is 2.22 bits per heavy atom. The number of carbonyl (C=O) groups is 1. The lowest BCUT2D eigenvalue weighted by Crippen LogP contribution is -2.28. The predicted octanol–water partition coefficient (Wildman–Crippen LogP) is 2.65. The molecule has 122 valence electrons. The average molecular weight is 339 g/mol. The van der Waals surface area contributed by atoms with E-state index in [0.29, 0.717) is 4.88 Å². The number of ether oxygens (including phenoxy) is 1. The van der Waals surface area contributed by atoms with Gasteiger partial charge >= 0.3 is 0 Å². The van der Waals surface area contributed by atoms with Crippen molar-refractivity contribution in [1.29, 1.82) is 0 Å². The summed E-state index contributed by atoms with van der Waals surface area (Å²) in [6.07, 6.45) is 0. The molecule has 2 aromatic rings. The zero-order valence-corrected chi connectivity index (χ0v) is 13.0. The summed E-state index contributed by atoms with van der Waals surface area (Å²) in [6, 6.07) is 5.48. The molecule has 1 aromatic carbocycles. The summed E-state index contributed by atoms with van der Waals surface area (Å²) >= 11 is 1.32. The van der Waals surface area contributed by atoms with E-state index in [1.807, 2.05) is 0 Å². The number of nitrogens with zero attached hydrogens (tertiary/aromatic N) is 1. The van der Waals surface area contributed by atoms with E-state index in [9.17, 15) is 19.3 Å². The summed E-state index contributed by atoms with van der Waals surface area (Å²) in [7, 11) is 1.27. The standard InChI is InChI=1S/C14H14FN3O4S/c1-22-12-8-10(11(18(20)21)7-9(12)15)16-4-5-17-14(19)13-3-2-6-23-13/h2-3,6-8,16H,4-5H2,1H3,(H,17,19). The van der Waals surface area contributed by atoms with E-state index in [0.717, 1.165) is 6.07 Å². The van der Waals surface area contributed by atoms with E-state index in [2.05, 4.69) is 10.6 Å². The van der Waals surface area contributed by atoms with Crippen molar-refractivity contribution in [2.75, 3.05) is 25.5 Å². The van der Waals surface area contributed by atoms with E-state index in [4.69, 9.17) is 4.74 Å². The highest BCUT2D eigenvalue weighted by Gasteiger charge is 2.18. The van der Waals surface area contributed by atoms with Crippen LogP contribution in [0.15, 0.2) is 29.6 Å². The molecule has 9 heteroatoms. The minimum Gasteiger partial charge on any atom is -0.494 e. The second-order valence-corrected chi connectivity index (χ2v) is 5.37. The lowest BCUT2D eigenvalue weighted by molar-refractivity contribution is -0.384. The number of anilines is 1. The van der Waals surface area contributed by atoms with Crippen LogP contribution >= 0.6 is 11.3 Å². The Kier molecular flexibility index (Phi) is 5.47. The van der Waals surface area contributed by atoms with Crippen molar-refractivity contribution in [3.05, 3.63) is 50.5 Å². The first-order chi connectivity index (χ1) is 11.0. The molecule has 7 nitrogen and oxygen atoms in total. The van der Waals surface area contributed by atoms with Crippen molar-refractivity contribution in [1.82, 2.24) is 5.32 Å². The van der Waals surface area contributed by atoms with Crippen LogP contribution in [0.4, 0.5) is 15.8 Å². The van der Waals surface area contributed by atoms with Gasteiger partial charge in [0.25, 0.3) is 11.6 Å². The van der Waals surface area contributed by atoms with Crippen LogP contribution in [0.5, 0.6) is 5.75 Å². The van der Waals surface area contributed by atoms with Gasteiger partial charge in [-0.25, -0.2) is 4.39 Å². The summed E-state index contributed by atoms with van der Waals surface area (Å²) in [5, 5.41) is 18.2. The number of nitro groups is 1. The fourth-order valence-corrected chi connectivity index (χ4v) is 2.50. The summed E-state index contributed by atoms with van der Waals surface area (Å²) in [4.78, 5) is 22.6. The van der Waals surface area contributed by atoms with Gasteiger partial charge < -0.3 is 15.4 Å². The normalized spacial score (nSPS) is 10.2. The van der Waals surface area contributed by atoms with Crippen LogP contribution in [0.25, 0.3) is 0 Å². The molecule has 0 saturated carbocycles. The number of methoxy groups -OCH3 is 1. The molecule has 0 aliphatic rings. The summed E-state index contributed by atoms with van der Waals surface area (Å²) in [6.45, 7) is 0.500. The molecule has 2 rings (SSSR count). The van der Waals surface area contributed by atoms with Gasteiger partial charge in [0.2, 0.25) is 0 Å². The van der Waals surface area contributed by atoms with Crippen LogP contribution in [0.3, 0.4) is 0 Å². The van der Waals surface area contributed by atoms with Gasteiger partial charge in [-0.3, -0.25) is 14.9 Å². The van der Waals surface area contributed by atoms with Crippen molar-refractivity contribution >= 4 is 28.6 Å². The van der Waals surface area contributed by atoms with Crippen LogP contribution < -0.4 is 15.4 Å². The highest BCUT2D eigenvalue weighted by molar-refractivity contribution is 7.12. The molecule has 0 bridgehead atoms. The minimum absolute atomic E-state index is 0.0966. The molecule has 1 amide bonds. The first-order valence-electron chi connectivity index (χ1n) is 6.60. The highest BCUT2D eigenvalue weighted by atomic mass is 32.1. The zero-order valence-electron chi connectivity index (χ0n) is 12.2. The third-order valence-corrected chi connectivity index (χ3v) is 3.81. The summed E-state index contributed by atoms with van der Waals surface area (Å²) in [5.74, 6) is -1.12. The van der Waals surface area contributed by atoms with Crippen LogP contribution in [-0.2, 0) is 0 Å². The number of hydrogen-bond donors (Lipinski definition) is 2. The van der Waals surface area contributed by atoms with E-state index in [1.54, 1.807) is 17.5 Å². The Balaban J connectivity index is 1.97. The molecule has 0 saturated heterocycles. The fraction of sp³-hybridized carbons (Fsp3) is 0.214. The van der Waals surface area contributed by atoms with Crippen molar-refractivity contribution in [2.24, 2.45) is 0 Å². The lowest BCUT2D eigenvalue weighted by Gasteiger charge is -2.10. The molecule has 0 fully saturated rings. The largest absolute Gasteiger partial charge is 0.494 e. The number of rotatable bonds is 7. The SMILES string of the molecule is COc1cc(NCCNC(=O)c2cccs2)c([N+](=O)[O-])cc1F. The molecular formula is C14H14FN3O4S. The van der Waals surface area contributed by atoms with Gasteiger partial charge in [-0.05, 0) is 11.4 Å². The molecule has 0 radical (unpaired) electrons. The smallest absolute Gasteiger partial charge is 0.295 e. The summed E-state index contributed by atoms with van der Waals surface area (Å²) < 4.78 is 18.3. The number of amides is 1. The second kappa shape index (κ2) is 7.54. The molecule has 23 heavy (non-hydrogen) atoms. The second-order valence-electron chi connectivity index (χ2n) is 4.42. The quantitative estimate of drug-likeness (QED) is 0.459. The highest BCUT2D eigenvalue weighted by Crippen LogP contribution is 2.31. The van der Waals surface area contributed by atoms with E-state index >= 15 is 0 Å². The molecule has 0 aliphatic heterocycles. The maximum atomic E-state index is 13.5. The molecule has 1 heterocycles. The van der Waals surface area contributed by atoms with Gasteiger partial charge in [-0.1, -0.05) is 6.07 Å². The van der Waals surface area contributed by atoms with Gasteiger partial charge in [0.15, 0.2) is 11.6 Å². The van der Waals surface area contributed by atoms with Gasteiger partial charge in [0.05, 0.1) is 23.0 Å². The van der Waals surface area contributed by atoms with Crippen LogP contribution in [0.1, 0.15) is 9.67 Å². The number of nitro benzene ring substituents is 1. The summed E-state index contributed by atoms with van der Waals surface area (Å²) in [5.41, 5.74) is -0.272. The third kappa shape index (κ3) is 4.16. The van der Waals surface area contributed by atoms with Crippen molar-refractivity contribution in [2.45, 2.75) is 0 Å². The molecule has 1 aromatic heterocycles. The first kappa shape index (κ1) is 16.7. The fourth-order valence-electron chi connectivity index (χ4n) is 1.86. The number of carbonyl (C=O) groups excluding carboxylic acids is 1. The van der Waals surface area contributed by atoms with E-state index < -0.39 is 16.4 Å². The maximum Gasteiger partial charge on any atom is 0.295 e. The van der Waals surface area contributed by atoms with Gasteiger partial charge in [0.1, 0.15) is 5.69 Å². The van der Waals surface area contributed by atoms with Crippen LogP contribution in [-0.4, -0.2) is 31.0 Å². The molecule has 0 unspecified atom stereocenters. The van der Waals surface area contributed by atoms with Gasteiger partial charge in [0, 0.05) is 19.2 Å². The van der Waals surface area contributed by atoms with Crippen LogP contribution in [0.2, 0.25) is 0 Å².